The molecule has 2 aromatic carbocycles. The topological polar surface area (TPSA) is 42.0 Å². The van der Waals surface area contributed by atoms with Crippen molar-refractivity contribution in [3.05, 3.63) is 57.2 Å². The predicted octanol–water partition coefficient (Wildman–Crippen LogP) is 3.02. The van der Waals surface area contributed by atoms with Gasteiger partial charge >= 0.3 is 0 Å². The van der Waals surface area contributed by atoms with E-state index in [1.54, 1.807) is 0 Å². The second-order valence-electron chi connectivity index (χ2n) is 6.55. The summed E-state index contributed by atoms with van der Waals surface area (Å²) in [5.74, 6) is 1.79. The molecule has 1 fully saturated rings. The summed E-state index contributed by atoms with van der Waals surface area (Å²) in [7, 11) is 0. The Morgan fingerprint density at radius 2 is 1.62 bits per heavy atom. The first-order chi connectivity index (χ1) is 12.7. The molecule has 0 unspecified atom stereocenters. The Kier molecular flexibility index (Phi) is 5.31. The van der Waals surface area contributed by atoms with Gasteiger partial charge in [-0.2, -0.15) is 0 Å². The molecule has 0 saturated carbocycles. The fourth-order valence-corrected chi connectivity index (χ4v) is 3.69. The van der Waals surface area contributed by atoms with Gasteiger partial charge in [-0.25, -0.2) is 0 Å². The number of hydrogen-bond donors (Lipinski definition) is 0. The van der Waals surface area contributed by atoms with Gasteiger partial charge in [-0.05, 0) is 64.6 Å². The van der Waals surface area contributed by atoms with Crippen molar-refractivity contribution in [3.63, 3.8) is 0 Å². The van der Waals surface area contributed by atoms with Gasteiger partial charge in [-0.3, -0.25) is 9.69 Å². The van der Waals surface area contributed by atoms with Gasteiger partial charge in [0.15, 0.2) is 11.5 Å². The summed E-state index contributed by atoms with van der Waals surface area (Å²) in [6.07, 6.45) is 0. The minimum absolute atomic E-state index is 0.125. The number of halogens is 1. The standard InChI is InChI=1S/C20H21IN2O3/c21-17-4-2-16(3-5-17)20(24)23-9-7-22(8-10-23)14-15-1-6-18-19(13-15)26-12-11-25-18/h1-6,13H,7-12,14H2. The molecule has 1 saturated heterocycles. The van der Waals surface area contributed by atoms with Crippen LogP contribution in [0.4, 0.5) is 0 Å². The van der Waals surface area contributed by atoms with E-state index in [1.807, 2.05) is 35.2 Å². The molecule has 0 aromatic heterocycles. The number of carbonyl (C=O) groups is 1. The lowest BCUT2D eigenvalue weighted by molar-refractivity contribution is 0.0628. The smallest absolute Gasteiger partial charge is 0.253 e. The van der Waals surface area contributed by atoms with Crippen molar-refractivity contribution in [1.82, 2.24) is 9.80 Å². The summed E-state index contributed by atoms with van der Waals surface area (Å²) in [5, 5.41) is 0. The average Bonchev–Trinajstić information content (AvgIpc) is 2.68. The first-order valence-electron chi connectivity index (χ1n) is 8.85. The first-order valence-corrected chi connectivity index (χ1v) is 9.93. The van der Waals surface area contributed by atoms with Gasteiger partial charge in [0.1, 0.15) is 13.2 Å². The van der Waals surface area contributed by atoms with Crippen LogP contribution in [0, 0.1) is 3.57 Å². The number of amides is 1. The molecule has 0 N–H and O–H groups in total. The monoisotopic (exact) mass is 464 g/mol. The fourth-order valence-electron chi connectivity index (χ4n) is 3.33. The molecule has 6 heteroatoms. The van der Waals surface area contributed by atoms with Crippen LogP contribution in [0.5, 0.6) is 11.5 Å². The summed E-state index contributed by atoms with van der Waals surface area (Å²) >= 11 is 2.25. The molecule has 2 aromatic rings. The maximum Gasteiger partial charge on any atom is 0.253 e. The molecule has 4 rings (SSSR count). The number of ether oxygens (including phenoxy) is 2. The quantitative estimate of drug-likeness (QED) is 0.656. The largest absolute Gasteiger partial charge is 0.486 e. The molecule has 2 heterocycles. The maximum absolute atomic E-state index is 12.6. The Morgan fingerprint density at radius 3 is 2.35 bits per heavy atom. The van der Waals surface area contributed by atoms with Gasteiger partial charge in [-0.1, -0.05) is 6.07 Å². The second kappa shape index (κ2) is 7.84. The van der Waals surface area contributed by atoms with Crippen LogP contribution in [0.15, 0.2) is 42.5 Å². The molecule has 0 spiro atoms. The zero-order valence-corrected chi connectivity index (χ0v) is 16.6. The van der Waals surface area contributed by atoms with Crippen molar-refractivity contribution in [1.29, 1.82) is 0 Å². The number of nitrogens with zero attached hydrogens (tertiary/aromatic N) is 2. The number of rotatable bonds is 3. The molecule has 0 radical (unpaired) electrons. The van der Waals surface area contributed by atoms with E-state index < -0.39 is 0 Å². The minimum Gasteiger partial charge on any atom is -0.486 e. The van der Waals surface area contributed by atoms with Crippen LogP contribution in [0.2, 0.25) is 0 Å². The molecule has 26 heavy (non-hydrogen) atoms. The van der Waals surface area contributed by atoms with E-state index in [4.69, 9.17) is 9.47 Å². The Hall–Kier alpha value is -1.80. The van der Waals surface area contributed by atoms with Gasteiger partial charge in [0.25, 0.3) is 5.91 Å². The molecule has 0 bridgehead atoms. The second-order valence-corrected chi connectivity index (χ2v) is 7.80. The molecular weight excluding hydrogens is 443 g/mol. The number of hydrogen-bond acceptors (Lipinski definition) is 4. The number of carbonyl (C=O) groups excluding carboxylic acids is 1. The molecule has 2 aliphatic heterocycles. The Labute approximate surface area is 167 Å². The maximum atomic E-state index is 12.6. The van der Waals surface area contributed by atoms with E-state index in [9.17, 15) is 4.79 Å². The summed E-state index contributed by atoms with van der Waals surface area (Å²) in [4.78, 5) is 16.9. The summed E-state index contributed by atoms with van der Waals surface area (Å²) in [5.41, 5.74) is 1.98. The third-order valence-corrected chi connectivity index (χ3v) is 5.48. The molecular formula is C20H21IN2O3. The highest BCUT2D eigenvalue weighted by molar-refractivity contribution is 14.1. The predicted molar refractivity (Wildman–Crippen MR) is 108 cm³/mol. The van der Waals surface area contributed by atoms with Crippen molar-refractivity contribution in [2.45, 2.75) is 6.54 Å². The normalized spacial score (nSPS) is 17.2. The Balaban J connectivity index is 1.33. The van der Waals surface area contributed by atoms with Crippen molar-refractivity contribution in [2.75, 3.05) is 39.4 Å². The zero-order valence-electron chi connectivity index (χ0n) is 14.5. The molecule has 5 nitrogen and oxygen atoms in total. The van der Waals surface area contributed by atoms with Gasteiger partial charge < -0.3 is 14.4 Å². The molecule has 1 amide bonds. The zero-order chi connectivity index (χ0) is 17.9. The lowest BCUT2D eigenvalue weighted by Crippen LogP contribution is -2.48. The van der Waals surface area contributed by atoms with Gasteiger partial charge in [0.05, 0.1) is 0 Å². The van der Waals surface area contributed by atoms with E-state index in [0.717, 1.165) is 53.4 Å². The van der Waals surface area contributed by atoms with Crippen molar-refractivity contribution < 1.29 is 14.3 Å². The third-order valence-electron chi connectivity index (χ3n) is 4.76. The van der Waals surface area contributed by atoms with Crippen LogP contribution in [0.3, 0.4) is 0 Å². The van der Waals surface area contributed by atoms with E-state index in [2.05, 4.69) is 39.6 Å². The highest BCUT2D eigenvalue weighted by Crippen LogP contribution is 2.31. The van der Waals surface area contributed by atoms with E-state index in [0.29, 0.717) is 13.2 Å². The molecule has 136 valence electrons. The number of piperazine rings is 1. The molecule has 2 aliphatic rings. The molecule has 0 aliphatic carbocycles. The Bertz CT molecular complexity index is 786. The SMILES string of the molecule is O=C(c1ccc(I)cc1)N1CCN(Cc2ccc3c(c2)OCCO3)CC1. The third kappa shape index (κ3) is 3.96. The van der Waals surface area contributed by atoms with Crippen LogP contribution < -0.4 is 9.47 Å². The van der Waals surface area contributed by atoms with Crippen molar-refractivity contribution in [2.24, 2.45) is 0 Å². The van der Waals surface area contributed by atoms with E-state index >= 15 is 0 Å². The van der Waals surface area contributed by atoms with Crippen molar-refractivity contribution >= 4 is 28.5 Å². The van der Waals surface area contributed by atoms with Crippen LogP contribution in [-0.2, 0) is 6.54 Å². The lowest BCUT2D eigenvalue weighted by Gasteiger charge is -2.35. The van der Waals surface area contributed by atoms with E-state index in [-0.39, 0.29) is 5.91 Å². The summed E-state index contributed by atoms with van der Waals surface area (Å²) in [6, 6.07) is 13.9. The first kappa shape index (κ1) is 17.6. The van der Waals surface area contributed by atoms with Gasteiger partial charge in [0.2, 0.25) is 0 Å². The van der Waals surface area contributed by atoms with Crippen LogP contribution >= 0.6 is 22.6 Å². The fraction of sp³-hybridized carbons (Fsp3) is 0.350. The summed E-state index contributed by atoms with van der Waals surface area (Å²) < 4.78 is 12.4. The van der Waals surface area contributed by atoms with Gasteiger partial charge in [-0.15, -0.1) is 0 Å². The van der Waals surface area contributed by atoms with Crippen molar-refractivity contribution in [3.8, 4) is 11.5 Å². The molecule has 0 atom stereocenters. The van der Waals surface area contributed by atoms with Crippen LogP contribution in [0.1, 0.15) is 15.9 Å². The van der Waals surface area contributed by atoms with Crippen LogP contribution in [0.25, 0.3) is 0 Å². The highest BCUT2D eigenvalue weighted by Gasteiger charge is 2.22. The van der Waals surface area contributed by atoms with E-state index in [1.165, 1.54) is 5.56 Å². The number of benzene rings is 2. The minimum atomic E-state index is 0.125. The average molecular weight is 464 g/mol. The van der Waals surface area contributed by atoms with Gasteiger partial charge in [0, 0.05) is 41.9 Å². The number of fused-ring (bicyclic) bond motifs is 1. The van der Waals surface area contributed by atoms with Crippen LogP contribution in [-0.4, -0.2) is 55.1 Å². The highest BCUT2D eigenvalue weighted by atomic mass is 127. The Morgan fingerprint density at radius 1 is 0.923 bits per heavy atom. The summed E-state index contributed by atoms with van der Waals surface area (Å²) in [6.45, 7) is 5.36. The lowest BCUT2D eigenvalue weighted by atomic mass is 10.1.